The molecule has 2 aromatic rings. The van der Waals surface area contributed by atoms with Gasteiger partial charge in [-0.15, -0.1) is 0 Å². The first kappa shape index (κ1) is 20.6. The fraction of sp³-hybridized carbons (Fsp3) is 0.364. The van der Waals surface area contributed by atoms with Crippen LogP contribution in [0.2, 0.25) is 10.0 Å². The summed E-state index contributed by atoms with van der Waals surface area (Å²) >= 11 is 13.9. The van der Waals surface area contributed by atoms with Crippen LogP contribution in [0, 0.1) is 0 Å². The van der Waals surface area contributed by atoms with Crippen LogP contribution in [0.5, 0.6) is 0 Å². The molecule has 0 spiro atoms. The van der Waals surface area contributed by atoms with Crippen LogP contribution >= 0.6 is 35.0 Å². The van der Waals surface area contributed by atoms with Crippen molar-refractivity contribution in [2.75, 3.05) is 5.32 Å². The lowest BCUT2D eigenvalue weighted by Crippen LogP contribution is -2.52. The molecule has 29 heavy (non-hydrogen) atoms. The molecule has 0 amide bonds. The predicted octanol–water partition coefficient (Wildman–Crippen LogP) is 6.52. The van der Waals surface area contributed by atoms with Crippen molar-refractivity contribution in [1.82, 2.24) is 14.9 Å². The Morgan fingerprint density at radius 2 is 1.93 bits per heavy atom. The van der Waals surface area contributed by atoms with Crippen LogP contribution in [0.25, 0.3) is 6.08 Å². The van der Waals surface area contributed by atoms with Crippen LogP contribution in [-0.2, 0) is 0 Å². The smallest absolute Gasteiger partial charge is 0.145 e. The van der Waals surface area contributed by atoms with Gasteiger partial charge in [0.2, 0.25) is 0 Å². The minimum atomic E-state index is 0.398. The molecule has 2 bridgehead atoms. The first-order chi connectivity index (χ1) is 14.1. The number of fused-ring (bicyclic) bond motifs is 2. The number of rotatable bonds is 6. The number of anilines is 1. The summed E-state index contributed by atoms with van der Waals surface area (Å²) in [7, 11) is 0. The van der Waals surface area contributed by atoms with Gasteiger partial charge in [0.25, 0.3) is 0 Å². The number of hydrogen-bond donors (Lipinski definition) is 1. The quantitative estimate of drug-likeness (QED) is 0.546. The van der Waals surface area contributed by atoms with E-state index in [1.807, 2.05) is 18.3 Å². The Bertz CT molecular complexity index is 906. The van der Waals surface area contributed by atoms with Crippen molar-refractivity contribution in [2.24, 2.45) is 0 Å². The summed E-state index contributed by atoms with van der Waals surface area (Å²) in [5.74, 6) is 0.788. The van der Waals surface area contributed by atoms with Gasteiger partial charge in [-0.2, -0.15) is 0 Å². The maximum Gasteiger partial charge on any atom is 0.145 e. The highest BCUT2D eigenvalue weighted by Crippen LogP contribution is 2.38. The molecule has 7 heteroatoms. The van der Waals surface area contributed by atoms with E-state index in [-0.39, 0.29) is 0 Å². The summed E-state index contributed by atoms with van der Waals surface area (Å²) in [5, 5.41) is 5.41. The molecule has 1 aromatic heterocycles. The lowest BCUT2D eigenvalue weighted by atomic mass is 9.82. The van der Waals surface area contributed by atoms with E-state index in [1.165, 1.54) is 31.0 Å². The van der Waals surface area contributed by atoms with Crippen molar-refractivity contribution in [2.45, 2.75) is 60.2 Å². The van der Waals surface area contributed by atoms with Crippen LogP contribution in [0.4, 0.5) is 5.82 Å². The highest BCUT2D eigenvalue weighted by Gasteiger charge is 2.36. The Hall–Kier alpha value is -1.69. The van der Waals surface area contributed by atoms with E-state index in [1.54, 1.807) is 18.3 Å². The third-order valence-electron chi connectivity index (χ3n) is 5.67. The van der Waals surface area contributed by atoms with E-state index < -0.39 is 0 Å². The van der Waals surface area contributed by atoms with Gasteiger partial charge in [0.05, 0.1) is 21.9 Å². The molecule has 152 valence electrons. The van der Waals surface area contributed by atoms with Gasteiger partial charge in [-0.25, -0.2) is 9.97 Å². The van der Waals surface area contributed by atoms with Crippen molar-refractivity contribution in [3.05, 3.63) is 59.5 Å². The van der Waals surface area contributed by atoms with Gasteiger partial charge in [-0.05, 0) is 56.5 Å². The molecule has 3 atom stereocenters. The number of halogens is 2. The largest absolute Gasteiger partial charge is 0.372 e. The van der Waals surface area contributed by atoms with E-state index >= 15 is 0 Å². The molecule has 0 radical (unpaired) electrons. The summed E-state index contributed by atoms with van der Waals surface area (Å²) in [6.45, 7) is 7.91. The van der Waals surface area contributed by atoms with Gasteiger partial charge in [0.1, 0.15) is 10.8 Å². The van der Waals surface area contributed by atoms with Crippen molar-refractivity contribution < 1.29 is 0 Å². The topological polar surface area (TPSA) is 41.1 Å². The van der Waals surface area contributed by atoms with E-state index in [2.05, 4.69) is 28.4 Å². The normalized spacial score (nSPS) is 23.5. The molecule has 2 saturated heterocycles. The van der Waals surface area contributed by atoms with Gasteiger partial charge < -0.3 is 10.2 Å². The minimum Gasteiger partial charge on any atom is -0.372 e. The Labute approximate surface area is 186 Å². The molecule has 2 aliphatic heterocycles. The predicted molar refractivity (Wildman–Crippen MR) is 123 cm³/mol. The molecule has 4 rings (SSSR count). The first-order valence-corrected chi connectivity index (χ1v) is 11.4. The van der Waals surface area contributed by atoms with Crippen molar-refractivity contribution in [3.63, 3.8) is 0 Å². The summed E-state index contributed by atoms with van der Waals surface area (Å²) in [4.78, 5) is 12.7. The Morgan fingerprint density at radius 3 is 2.62 bits per heavy atom. The maximum atomic E-state index is 6.32. The highest BCUT2D eigenvalue weighted by atomic mass is 35.5. The summed E-state index contributed by atoms with van der Waals surface area (Å²) in [6, 6.07) is 7.11. The van der Waals surface area contributed by atoms with Crippen molar-refractivity contribution in [1.29, 1.82) is 0 Å². The van der Waals surface area contributed by atoms with Crippen LogP contribution in [0.1, 0.15) is 37.8 Å². The molecule has 1 unspecified atom stereocenters. The van der Waals surface area contributed by atoms with E-state index in [9.17, 15) is 0 Å². The fourth-order valence-corrected chi connectivity index (χ4v) is 5.75. The molecule has 3 heterocycles. The molecule has 0 aliphatic carbocycles. The molecule has 2 fully saturated rings. The van der Waals surface area contributed by atoms with Crippen molar-refractivity contribution >= 4 is 46.9 Å². The standard InChI is InChI=1S/C22H24Cl2N4S/c1-3-18-22(29-19-10-6-9-17(23)21(19)24)25-13-20(27-18)26-14-11-15-7-5-8-16(12-14)28(15)4-2/h3-4,6,9-10,13-16H,1-2,5,7-8,11-12H2,(H,26,27)/t14?,15-,16+. The average Bonchev–Trinajstić information content (AvgIpc) is 2.71. The zero-order chi connectivity index (χ0) is 20.4. The summed E-state index contributed by atoms with van der Waals surface area (Å²) in [6.07, 6.45) is 11.5. The zero-order valence-corrected chi connectivity index (χ0v) is 18.5. The van der Waals surface area contributed by atoms with Crippen LogP contribution in [-0.4, -0.2) is 33.0 Å². The number of hydrogen-bond acceptors (Lipinski definition) is 5. The second-order valence-corrected chi connectivity index (χ2v) is 9.30. The Morgan fingerprint density at radius 1 is 1.17 bits per heavy atom. The van der Waals surface area contributed by atoms with Gasteiger partial charge in [-0.1, -0.05) is 54.2 Å². The van der Waals surface area contributed by atoms with Gasteiger partial charge >= 0.3 is 0 Å². The van der Waals surface area contributed by atoms with E-state index in [0.717, 1.165) is 34.3 Å². The monoisotopic (exact) mass is 446 g/mol. The van der Waals surface area contributed by atoms with Crippen molar-refractivity contribution in [3.8, 4) is 0 Å². The number of aromatic nitrogens is 2. The van der Waals surface area contributed by atoms with Crippen LogP contribution in [0.15, 0.2) is 53.7 Å². The van der Waals surface area contributed by atoms with Gasteiger partial charge in [0, 0.05) is 23.0 Å². The van der Waals surface area contributed by atoms with Gasteiger partial charge in [-0.3, -0.25) is 0 Å². The first-order valence-electron chi connectivity index (χ1n) is 9.87. The Balaban J connectivity index is 1.49. The van der Waals surface area contributed by atoms with E-state index in [4.69, 9.17) is 28.2 Å². The fourth-order valence-electron chi connectivity index (χ4n) is 4.38. The third kappa shape index (κ3) is 4.42. The summed E-state index contributed by atoms with van der Waals surface area (Å²) in [5.41, 5.74) is 0.736. The third-order valence-corrected chi connectivity index (χ3v) is 7.67. The minimum absolute atomic E-state index is 0.398. The average molecular weight is 447 g/mol. The molecule has 0 saturated carbocycles. The lowest BCUT2D eigenvalue weighted by Gasteiger charge is -2.48. The second kappa shape index (κ2) is 8.99. The second-order valence-electron chi connectivity index (χ2n) is 7.48. The number of nitrogens with one attached hydrogen (secondary N) is 1. The number of benzene rings is 1. The number of nitrogens with zero attached hydrogens (tertiary/aromatic N) is 3. The molecule has 4 nitrogen and oxygen atoms in total. The molecule has 2 aliphatic rings. The zero-order valence-electron chi connectivity index (χ0n) is 16.2. The lowest BCUT2D eigenvalue weighted by molar-refractivity contribution is 0.0820. The SMILES string of the molecule is C=Cc1nc(NC2C[C@H]3CCC[C@@H](C2)N3C=C)cnc1Sc1cccc(Cl)c1Cl. The Kier molecular flexibility index (Phi) is 6.38. The van der Waals surface area contributed by atoms with E-state index in [0.29, 0.717) is 28.2 Å². The molecular weight excluding hydrogens is 423 g/mol. The molecule has 1 N–H and O–H groups in total. The van der Waals surface area contributed by atoms with Crippen LogP contribution in [0.3, 0.4) is 0 Å². The molecule has 1 aromatic carbocycles. The maximum absolute atomic E-state index is 6.32. The highest BCUT2D eigenvalue weighted by molar-refractivity contribution is 7.99. The van der Waals surface area contributed by atoms with Gasteiger partial charge in [0.15, 0.2) is 0 Å². The number of piperidine rings is 2. The van der Waals surface area contributed by atoms with Crippen LogP contribution < -0.4 is 5.32 Å². The molecular formula is C22H24Cl2N4S. The summed E-state index contributed by atoms with van der Waals surface area (Å²) < 4.78 is 0.